The molecule has 0 saturated carbocycles. The van der Waals surface area contributed by atoms with Crippen molar-refractivity contribution in [2.24, 2.45) is 5.92 Å². The third-order valence-electron chi connectivity index (χ3n) is 5.44. The molecule has 1 aromatic carbocycles. The minimum atomic E-state index is -0.278. The number of hydrogen-bond donors (Lipinski definition) is 1. The van der Waals surface area contributed by atoms with Gasteiger partial charge in [0.2, 0.25) is 0 Å². The predicted molar refractivity (Wildman–Crippen MR) is 111 cm³/mol. The molecule has 1 saturated heterocycles. The molecule has 0 aliphatic carbocycles. The van der Waals surface area contributed by atoms with E-state index < -0.39 is 0 Å². The molecule has 1 aliphatic heterocycles. The fourth-order valence-electron chi connectivity index (χ4n) is 4.06. The maximum atomic E-state index is 14.4. The molecule has 28 heavy (non-hydrogen) atoms. The van der Waals surface area contributed by atoms with Crippen LogP contribution in [0.15, 0.2) is 36.5 Å². The van der Waals surface area contributed by atoms with Crippen molar-refractivity contribution in [3.05, 3.63) is 57.7 Å². The second kappa shape index (κ2) is 8.15. The smallest absolute Gasteiger partial charge is 0.148 e. The molecular weight excluding hydrogens is 373 g/mol. The molecule has 0 radical (unpaired) electrons. The number of para-hydroxylation sites is 1. The van der Waals surface area contributed by atoms with Crippen molar-refractivity contribution in [2.75, 3.05) is 19.7 Å². The van der Waals surface area contributed by atoms with Crippen LogP contribution in [0.1, 0.15) is 28.2 Å². The van der Waals surface area contributed by atoms with E-state index in [1.165, 1.54) is 15.8 Å². The van der Waals surface area contributed by atoms with E-state index >= 15 is 0 Å². The molecule has 0 bridgehead atoms. The van der Waals surface area contributed by atoms with Crippen LogP contribution in [0.3, 0.4) is 0 Å². The lowest BCUT2D eigenvalue weighted by atomic mass is 9.98. The molecule has 0 unspecified atom stereocenters. The lowest BCUT2D eigenvalue weighted by Crippen LogP contribution is -2.36. The van der Waals surface area contributed by atoms with Crippen LogP contribution in [0.2, 0.25) is 0 Å². The Morgan fingerprint density at radius 2 is 2.11 bits per heavy atom. The summed E-state index contributed by atoms with van der Waals surface area (Å²) in [5, 5.41) is 14.3. The highest BCUT2D eigenvalue weighted by Gasteiger charge is 2.23. The first-order valence-corrected chi connectivity index (χ1v) is 10.6. The molecule has 0 amide bonds. The molecule has 0 spiro atoms. The Balaban J connectivity index is 1.73. The van der Waals surface area contributed by atoms with Gasteiger partial charge in [0.15, 0.2) is 0 Å². The number of nitrogens with zero attached hydrogens (tertiary/aromatic N) is 3. The Morgan fingerprint density at radius 1 is 1.29 bits per heavy atom. The van der Waals surface area contributed by atoms with E-state index in [1.807, 2.05) is 12.3 Å². The number of benzene rings is 1. The maximum Gasteiger partial charge on any atom is 0.148 e. The first-order chi connectivity index (χ1) is 13.5. The van der Waals surface area contributed by atoms with Crippen molar-refractivity contribution in [1.82, 2.24) is 14.7 Å². The molecule has 1 fully saturated rings. The average molecular weight is 400 g/mol. The summed E-state index contributed by atoms with van der Waals surface area (Å²) in [7, 11) is 0. The molecule has 148 valence electrons. The Labute approximate surface area is 169 Å². The number of aromatic nitrogens is 2. The molecule has 1 aliphatic rings. The SMILES string of the molecule is Cc1cc(-c2nn(-c3ccccc3F)cc2CN2CCC[C@H](CO)C2)c(C)s1. The summed E-state index contributed by atoms with van der Waals surface area (Å²) in [5.74, 6) is 0.0589. The monoisotopic (exact) mass is 399 g/mol. The third-order valence-corrected chi connectivity index (χ3v) is 6.41. The molecule has 4 nitrogen and oxygen atoms in total. The molecule has 3 heterocycles. The lowest BCUT2D eigenvalue weighted by Gasteiger charge is -2.31. The minimum absolute atomic E-state index is 0.237. The number of hydrogen-bond acceptors (Lipinski definition) is 4. The van der Waals surface area contributed by atoms with Gasteiger partial charge in [-0.15, -0.1) is 11.3 Å². The minimum Gasteiger partial charge on any atom is -0.396 e. The quantitative estimate of drug-likeness (QED) is 0.684. The van der Waals surface area contributed by atoms with Crippen molar-refractivity contribution in [3.63, 3.8) is 0 Å². The van der Waals surface area contributed by atoms with Crippen molar-refractivity contribution >= 4 is 11.3 Å². The van der Waals surface area contributed by atoms with Gasteiger partial charge in [-0.3, -0.25) is 4.90 Å². The standard InChI is InChI=1S/C22H26FN3OS/c1-15-10-19(16(2)28-15)22-18(12-25-9-5-6-17(11-25)14-27)13-26(24-22)21-8-4-3-7-20(21)23/h3-4,7-8,10,13,17,27H,5-6,9,11-12,14H2,1-2H3/t17-/m0/s1. The second-order valence-corrected chi connectivity index (χ2v) is 9.11. The highest BCUT2D eigenvalue weighted by atomic mass is 32.1. The van der Waals surface area contributed by atoms with Crippen LogP contribution in [0, 0.1) is 25.6 Å². The number of piperidine rings is 1. The van der Waals surface area contributed by atoms with Gasteiger partial charge in [0, 0.05) is 46.8 Å². The Bertz CT molecular complexity index is 965. The average Bonchev–Trinajstić information content (AvgIpc) is 3.24. The fraction of sp³-hybridized carbons (Fsp3) is 0.409. The summed E-state index contributed by atoms with van der Waals surface area (Å²) in [6.45, 7) is 7.12. The zero-order chi connectivity index (χ0) is 19.7. The van der Waals surface area contributed by atoms with Gasteiger partial charge in [0.1, 0.15) is 11.5 Å². The van der Waals surface area contributed by atoms with Gasteiger partial charge in [-0.1, -0.05) is 12.1 Å². The fourth-order valence-corrected chi connectivity index (χ4v) is 4.99. The third kappa shape index (κ3) is 3.90. The maximum absolute atomic E-state index is 14.4. The van der Waals surface area contributed by atoms with Gasteiger partial charge in [-0.25, -0.2) is 9.07 Å². The van der Waals surface area contributed by atoms with E-state index in [-0.39, 0.29) is 12.4 Å². The highest BCUT2D eigenvalue weighted by molar-refractivity contribution is 7.12. The molecule has 1 N–H and O–H groups in total. The van der Waals surface area contributed by atoms with Gasteiger partial charge in [0.25, 0.3) is 0 Å². The van der Waals surface area contributed by atoms with Crippen LogP contribution in [0.5, 0.6) is 0 Å². The number of likely N-dealkylation sites (tertiary alicyclic amines) is 1. The van der Waals surface area contributed by atoms with Crippen molar-refractivity contribution in [3.8, 4) is 16.9 Å². The zero-order valence-electron chi connectivity index (χ0n) is 16.4. The number of halogens is 1. The van der Waals surface area contributed by atoms with Gasteiger partial charge < -0.3 is 5.11 Å². The van der Waals surface area contributed by atoms with E-state index in [9.17, 15) is 9.50 Å². The first-order valence-electron chi connectivity index (χ1n) is 9.79. The van der Waals surface area contributed by atoms with Crippen LogP contribution in [0.4, 0.5) is 4.39 Å². The Kier molecular flexibility index (Phi) is 5.62. The number of aliphatic hydroxyl groups excluding tert-OH is 1. The number of aryl methyl sites for hydroxylation is 2. The molecule has 6 heteroatoms. The summed E-state index contributed by atoms with van der Waals surface area (Å²) in [5.41, 5.74) is 3.62. The molecule has 2 aromatic heterocycles. The van der Waals surface area contributed by atoms with E-state index in [4.69, 9.17) is 5.10 Å². The summed E-state index contributed by atoms with van der Waals surface area (Å²) in [6, 6.07) is 8.91. The van der Waals surface area contributed by atoms with Crippen LogP contribution in [-0.4, -0.2) is 39.5 Å². The number of aliphatic hydroxyl groups is 1. The molecule has 4 rings (SSSR count). The summed E-state index contributed by atoms with van der Waals surface area (Å²) in [6.07, 6.45) is 4.14. The van der Waals surface area contributed by atoms with Gasteiger partial charge in [-0.2, -0.15) is 5.10 Å². The van der Waals surface area contributed by atoms with Gasteiger partial charge >= 0.3 is 0 Å². The summed E-state index contributed by atoms with van der Waals surface area (Å²) >= 11 is 1.76. The molecular formula is C22H26FN3OS. The molecule has 3 aromatic rings. The Morgan fingerprint density at radius 3 is 2.82 bits per heavy atom. The normalized spacial score (nSPS) is 17.9. The van der Waals surface area contributed by atoms with Crippen molar-refractivity contribution in [2.45, 2.75) is 33.2 Å². The van der Waals surface area contributed by atoms with E-state index in [0.717, 1.165) is 49.3 Å². The number of thiophene rings is 1. The van der Waals surface area contributed by atoms with E-state index in [1.54, 1.807) is 28.2 Å². The topological polar surface area (TPSA) is 41.3 Å². The Hall–Kier alpha value is -2.02. The largest absolute Gasteiger partial charge is 0.396 e. The first kappa shape index (κ1) is 19.3. The van der Waals surface area contributed by atoms with Crippen LogP contribution < -0.4 is 0 Å². The number of rotatable bonds is 5. The van der Waals surface area contributed by atoms with Crippen LogP contribution in [0.25, 0.3) is 16.9 Å². The zero-order valence-corrected chi connectivity index (χ0v) is 17.2. The lowest BCUT2D eigenvalue weighted by molar-refractivity contribution is 0.116. The van der Waals surface area contributed by atoms with Gasteiger partial charge in [0.05, 0.1) is 5.69 Å². The predicted octanol–water partition coefficient (Wildman–Crippen LogP) is 4.56. The highest BCUT2D eigenvalue weighted by Crippen LogP contribution is 2.33. The van der Waals surface area contributed by atoms with E-state index in [2.05, 4.69) is 24.8 Å². The molecule has 1 atom stereocenters. The van der Waals surface area contributed by atoms with Crippen molar-refractivity contribution < 1.29 is 9.50 Å². The van der Waals surface area contributed by atoms with Crippen LogP contribution in [-0.2, 0) is 6.54 Å². The van der Waals surface area contributed by atoms with Gasteiger partial charge in [-0.05, 0) is 57.4 Å². The second-order valence-electron chi connectivity index (χ2n) is 7.65. The van der Waals surface area contributed by atoms with E-state index in [0.29, 0.717) is 11.6 Å². The summed E-state index contributed by atoms with van der Waals surface area (Å²) in [4.78, 5) is 4.85. The van der Waals surface area contributed by atoms with Crippen molar-refractivity contribution in [1.29, 1.82) is 0 Å². The van der Waals surface area contributed by atoms with Crippen LogP contribution >= 0.6 is 11.3 Å². The summed E-state index contributed by atoms with van der Waals surface area (Å²) < 4.78 is 16.0.